The Morgan fingerprint density at radius 3 is 2.47 bits per heavy atom. The quantitative estimate of drug-likeness (QED) is 0.539. The summed E-state index contributed by atoms with van der Waals surface area (Å²) in [5, 5.41) is 4.67. The van der Waals surface area contributed by atoms with Crippen molar-refractivity contribution < 1.29 is 4.79 Å². The van der Waals surface area contributed by atoms with Crippen LogP contribution >= 0.6 is 0 Å². The first-order chi connectivity index (χ1) is 16.7. The van der Waals surface area contributed by atoms with Crippen LogP contribution in [0.25, 0.3) is 10.9 Å². The van der Waals surface area contributed by atoms with Gasteiger partial charge in [0.15, 0.2) is 0 Å². The molecule has 1 spiro atoms. The summed E-state index contributed by atoms with van der Waals surface area (Å²) < 4.78 is 0. The molecule has 6 rings (SSSR count). The molecule has 2 aliphatic carbocycles. The van der Waals surface area contributed by atoms with E-state index in [1.54, 1.807) is 0 Å². The summed E-state index contributed by atoms with van der Waals surface area (Å²) in [6.07, 6.45) is 10.2. The highest BCUT2D eigenvalue weighted by molar-refractivity contribution is 5.83. The molecule has 3 aromatic rings. The van der Waals surface area contributed by atoms with Crippen LogP contribution in [0, 0.1) is 11.3 Å². The van der Waals surface area contributed by atoms with Gasteiger partial charge in [-0.1, -0.05) is 61.4 Å². The van der Waals surface area contributed by atoms with E-state index in [1.807, 2.05) is 6.20 Å². The van der Waals surface area contributed by atoms with E-state index >= 15 is 0 Å². The van der Waals surface area contributed by atoms with E-state index in [0.29, 0.717) is 5.91 Å². The van der Waals surface area contributed by atoms with E-state index in [0.717, 1.165) is 51.0 Å². The smallest absolute Gasteiger partial charge is 0.223 e. The SMILES string of the molecule is O=C(NCC1(c2ccccc2)CCCC1)[C@@H]1CC12CCN(Cc1ccnc3ccccc13)CC2. The van der Waals surface area contributed by atoms with Crippen LogP contribution in [0.3, 0.4) is 0 Å². The number of aromatic nitrogens is 1. The van der Waals surface area contributed by atoms with Crippen LogP contribution < -0.4 is 5.32 Å². The van der Waals surface area contributed by atoms with Crippen LogP contribution in [0.2, 0.25) is 0 Å². The number of rotatable bonds is 6. The number of pyridine rings is 1. The summed E-state index contributed by atoms with van der Waals surface area (Å²) in [6, 6.07) is 21.4. The second kappa shape index (κ2) is 8.81. The molecule has 0 bridgehead atoms. The number of fused-ring (bicyclic) bond motifs is 1. The Bertz CT molecular complexity index is 1150. The van der Waals surface area contributed by atoms with Gasteiger partial charge in [-0.05, 0) is 73.9 Å². The van der Waals surface area contributed by atoms with Crippen LogP contribution in [0.1, 0.15) is 56.1 Å². The first kappa shape index (κ1) is 21.8. The zero-order chi connectivity index (χ0) is 23.0. The molecule has 1 amide bonds. The highest BCUT2D eigenvalue weighted by Gasteiger charge is 2.58. The van der Waals surface area contributed by atoms with Crippen molar-refractivity contribution in [2.75, 3.05) is 19.6 Å². The normalized spacial score (nSPS) is 23.2. The van der Waals surface area contributed by atoms with Crippen LogP contribution in [-0.4, -0.2) is 35.4 Å². The van der Waals surface area contributed by atoms with Gasteiger partial charge in [0.1, 0.15) is 0 Å². The monoisotopic (exact) mass is 453 g/mol. The fraction of sp³-hybridized carbons (Fsp3) is 0.467. The average Bonchev–Trinajstić information content (AvgIpc) is 3.37. The molecule has 2 saturated carbocycles. The molecule has 34 heavy (non-hydrogen) atoms. The molecule has 4 nitrogen and oxygen atoms in total. The molecule has 3 aliphatic rings. The van der Waals surface area contributed by atoms with E-state index in [1.165, 1.54) is 42.2 Å². The first-order valence-corrected chi connectivity index (χ1v) is 13.1. The van der Waals surface area contributed by atoms with Crippen molar-refractivity contribution in [3.05, 3.63) is 78.0 Å². The molecule has 3 fully saturated rings. The Morgan fingerprint density at radius 1 is 0.941 bits per heavy atom. The van der Waals surface area contributed by atoms with Crippen molar-refractivity contribution in [2.24, 2.45) is 11.3 Å². The minimum absolute atomic E-state index is 0.135. The molecule has 4 heteroatoms. The minimum atomic E-state index is 0.135. The van der Waals surface area contributed by atoms with Gasteiger partial charge >= 0.3 is 0 Å². The summed E-state index contributed by atoms with van der Waals surface area (Å²) in [5.41, 5.74) is 4.21. The number of likely N-dealkylation sites (tertiary alicyclic amines) is 1. The number of para-hydroxylation sites is 1. The molecule has 1 aromatic heterocycles. The van der Waals surface area contributed by atoms with E-state index in [9.17, 15) is 4.79 Å². The number of piperidine rings is 1. The Labute approximate surface area is 202 Å². The fourth-order valence-electron chi connectivity index (χ4n) is 6.75. The molecule has 0 unspecified atom stereocenters. The molecule has 1 saturated heterocycles. The largest absolute Gasteiger partial charge is 0.355 e. The number of benzene rings is 2. The van der Waals surface area contributed by atoms with Crippen LogP contribution in [0.5, 0.6) is 0 Å². The Balaban J connectivity index is 1.05. The predicted molar refractivity (Wildman–Crippen MR) is 136 cm³/mol. The molecule has 2 aromatic carbocycles. The zero-order valence-electron chi connectivity index (χ0n) is 20.0. The van der Waals surface area contributed by atoms with Gasteiger partial charge in [-0.3, -0.25) is 14.7 Å². The van der Waals surface area contributed by atoms with Gasteiger partial charge in [0.05, 0.1) is 5.52 Å². The van der Waals surface area contributed by atoms with Crippen molar-refractivity contribution >= 4 is 16.8 Å². The van der Waals surface area contributed by atoms with Crippen LogP contribution in [0.4, 0.5) is 0 Å². The summed E-state index contributed by atoms with van der Waals surface area (Å²) in [4.78, 5) is 20.3. The van der Waals surface area contributed by atoms with Crippen molar-refractivity contribution in [3.63, 3.8) is 0 Å². The highest BCUT2D eigenvalue weighted by atomic mass is 16.2. The van der Waals surface area contributed by atoms with Gasteiger partial charge in [0, 0.05) is 36.0 Å². The number of carbonyl (C=O) groups excluding carboxylic acids is 1. The first-order valence-electron chi connectivity index (χ1n) is 13.1. The molecule has 1 N–H and O–H groups in total. The summed E-state index contributed by atoms with van der Waals surface area (Å²) in [7, 11) is 0. The summed E-state index contributed by atoms with van der Waals surface area (Å²) in [6.45, 7) is 3.92. The van der Waals surface area contributed by atoms with Gasteiger partial charge in [-0.25, -0.2) is 0 Å². The maximum Gasteiger partial charge on any atom is 0.223 e. The molecular weight excluding hydrogens is 418 g/mol. The molecule has 0 radical (unpaired) electrons. The summed E-state index contributed by atoms with van der Waals surface area (Å²) >= 11 is 0. The second-order valence-electron chi connectivity index (χ2n) is 11.0. The van der Waals surface area contributed by atoms with Gasteiger partial charge in [-0.2, -0.15) is 0 Å². The average molecular weight is 454 g/mol. The summed E-state index contributed by atoms with van der Waals surface area (Å²) in [5.74, 6) is 0.515. The lowest BCUT2D eigenvalue weighted by atomic mass is 9.78. The third-order valence-corrected chi connectivity index (χ3v) is 9.04. The number of carbonyl (C=O) groups is 1. The van der Waals surface area contributed by atoms with Gasteiger partial charge in [0.2, 0.25) is 5.91 Å². The topological polar surface area (TPSA) is 45.2 Å². The zero-order valence-corrected chi connectivity index (χ0v) is 20.0. The Kier molecular flexibility index (Phi) is 5.65. The third-order valence-electron chi connectivity index (χ3n) is 9.04. The molecule has 176 valence electrons. The minimum Gasteiger partial charge on any atom is -0.355 e. The van der Waals surface area contributed by atoms with Crippen LogP contribution in [-0.2, 0) is 16.8 Å². The molecule has 1 atom stereocenters. The third kappa shape index (κ3) is 4.02. The van der Waals surface area contributed by atoms with E-state index in [4.69, 9.17) is 0 Å². The standard InChI is InChI=1S/C30H35N3O/c34-28(32-22-30(13-6-7-14-30)24-8-2-1-3-9-24)26-20-29(26)15-18-33(19-16-29)21-23-12-17-31-27-11-5-4-10-25(23)27/h1-5,8-12,17,26H,6-7,13-16,18-22H2,(H,32,34)/t26-/m0/s1. The van der Waals surface area contributed by atoms with Crippen molar-refractivity contribution in [1.29, 1.82) is 0 Å². The number of amides is 1. The van der Waals surface area contributed by atoms with E-state index < -0.39 is 0 Å². The van der Waals surface area contributed by atoms with E-state index in [-0.39, 0.29) is 16.7 Å². The number of hydrogen-bond donors (Lipinski definition) is 1. The van der Waals surface area contributed by atoms with Crippen molar-refractivity contribution in [2.45, 2.75) is 56.9 Å². The number of hydrogen-bond acceptors (Lipinski definition) is 3. The lowest BCUT2D eigenvalue weighted by Gasteiger charge is -2.33. The second-order valence-corrected chi connectivity index (χ2v) is 11.0. The van der Waals surface area contributed by atoms with Gasteiger partial charge < -0.3 is 5.32 Å². The number of nitrogens with one attached hydrogen (secondary N) is 1. The maximum absolute atomic E-state index is 13.2. The van der Waals surface area contributed by atoms with Gasteiger partial charge in [0.25, 0.3) is 0 Å². The van der Waals surface area contributed by atoms with Crippen molar-refractivity contribution in [1.82, 2.24) is 15.2 Å². The predicted octanol–water partition coefficient (Wildman–Crippen LogP) is 5.47. The molecule has 1 aliphatic heterocycles. The molecule has 2 heterocycles. The highest BCUT2D eigenvalue weighted by Crippen LogP contribution is 2.59. The Morgan fingerprint density at radius 2 is 1.68 bits per heavy atom. The van der Waals surface area contributed by atoms with E-state index in [2.05, 4.69) is 75.9 Å². The maximum atomic E-state index is 13.2. The lowest BCUT2D eigenvalue weighted by Crippen LogP contribution is -2.41. The van der Waals surface area contributed by atoms with Gasteiger partial charge in [-0.15, -0.1) is 0 Å². The fourth-order valence-corrected chi connectivity index (χ4v) is 6.75. The van der Waals surface area contributed by atoms with Crippen molar-refractivity contribution in [3.8, 4) is 0 Å². The van der Waals surface area contributed by atoms with Crippen LogP contribution in [0.15, 0.2) is 66.9 Å². The Hall–Kier alpha value is -2.72. The molecular formula is C30H35N3O. The number of nitrogens with zero attached hydrogens (tertiary/aromatic N) is 2. The lowest BCUT2D eigenvalue weighted by molar-refractivity contribution is -0.123.